The van der Waals surface area contributed by atoms with E-state index in [1.807, 2.05) is 6.92 Å². The molecule has 14 heavy (non-hydrogen) atoms. The van der Waals surface area contributed by atoms with Gasteiger partial charge in [-0.15, -0.1) is 0 Å². The molecule has 1 aromatic rings. The number of nitrogens with one attached hydrogen (secondary N) is 1. The second kappa shape index (κ2) is 5.11. The van der Waals surface area contributed by atoms with E-state index >= 15 is 0 Å². The third-order valence-electron chi connectivity index (χ3n) is 1.63. The van der Waals surface area contributed by atoms with E-state index in [1.54, 1.807) is 18.2 Å². The molecule has 0 aliphatic rings. The van der Waals surface area contributed by atoms with Crippen molar-refractivity contribution in [1.29, 1.82) is 0 Å². The van der Waals surface area contributed by atoms with Crippen LogP contribution in [0.15, 0.2) is 24.4 Å². The predicted octanol–water partition coefficient (Wildman–Crippen LogP) is 1.14. The summed E-state index contributed by atoms with van der Waals surface area (Å²) in [6.45, 7) is 1.88. The molecule has 4 heteroatoms. The molecule has 0 aromatic carbocycles. The maximum absolute atomic E-state index is 11.3. The number of nitrogens with zero attached hydrogens (tertiary/aromatic N) is 1. The Kier molecular flexibility index (Phi) is 3.79. The molecule has 4 nitrogen and oxygen atoms in total. The Hall–Kier alpha value is -1.71. The van der Waals surface area contributed by atoms with Gasteiger partial charge in [0, 0.05) is 12.6 Å². The zero-order chi connectivity index (χ0) is 10.4. The average Bonchev–Trinajstić information content (AvgIpc) is 2.19. The summed E-state index contributed by atoms with van der Waals surface area (Å²) >= 11 is 0. The first-order valence-corrected chi connectivity index (χ1v) is 4.49. The van der Waals surface area contributed by atoms with E-state index in [4.69, 9.17) is 0 Å². The molecule has 1 aromatic heterocycles. The van der Waals surface area contributed by atoms with Gasteiger partial charge in [0.2, 0.25) is 5.91 Å². The van der Waals surface area contributed by atoms with Gasteiger partial charge in [-0.3, -0.25) is 19.9 Å². The van der Waals surface area contributed by atoms with Crippen LogP contribution in [0.25, 0.3) is 0 Å². The number of rotatable bonds is 3. The van der Waals surface area contributed by atoms with Gasteiger partial charge >= 0.3 is 0 Å². The molecule has 0 aliphatic carbocycles. The first-order chi connectivity index (χ1) is 6.74. The summed E-state index contributed by atoms with van der Waals surface area (Å²) < 4.78 is 0. The Balaban J connectivity index is 2.55. The van der Waals surface area contributed by atoms with Crippen LogP contribution in [-0.4, -0.2) is 16.8 Å². The minimum atomic E-state index is -0.441. The molecular weight excluding hydrogens is 180 g/mol. The number of amides is 2. The highest BCUT2D eigenvalue weighted by Gasteiger charge is 2.09. The highest BCUT2D eigenvalue weighted by Crippen LogP contribution is 1.94. The summed E-state index contributed by atoms with van der Waals surface area (Å²) in [6, 6.07) is 4.98. The second-order valence-corrected chi connectivity index (χ2v) is 2.84. The number of pyridine rings is 1. The summed E-state index contributed by atoms with van der Waals surface area (Å²) in [5, 5.41) is 2.26. The zero-order valence-electron chi connectivity index (χ0n) is 7.99. The van der Waals surface area contributed by atoms with E-state index in [9.17, 15) is 9.59 Å². The number of imide groups is 1. The summed E-state index contributed by atoms with van der Waals surface area (Å²) in [5.74, 6) is -0.702. The Morgan fingerprint density at radius 2 is 2.21 bits per heavy atom. The van der Waals surface area contributed by atoms with E-state index < -0.39 is 5.91 Å². The van der Waals surface area contributed by atoms with E-state index in [0.717, 1.165) is 6.42 Å². The molecule has 0 fully saturated rings. The molecule has 0 radical (unpaired) electrons. The minimum absolute atomic E-state index is 0.261. The lowest BCUT2D eigenvalue weighted by Gasteiger charge is -2.01. The standard InChI is InChI=1S/C10H12N2O2/c1-2-5-9(13)12-10(14)8-6-3-4-7-11-8/h3-4,6-7H,2,5H2,1H3,(H,12,13,14). The molecule has 0 atom stereocenters. The smallest absolute Gasteiger partial charge is 0.276 e. The third-order valence-corrected chi connectivity index (χ3v) is 1.63. The molecule has 1 heterocycles. The molecule has 0 aliphatic heterocycles. The lowest BCUT2D eigenvalue weighted by molar-refractivity contribution is -0.120. The topological polar surface area (TPSA) is 59.1 Å². The Labute approximate surface area is 82.3 Å². The largest absolute Gasteiger partial charge is 0.291 e. The molecule has 1 N–H and O–H groups in total. The van der Waals surface area contributed by atoms with Crippen molar-refractivity contribution >= 4 is 11.8 Å². The van der Waals surface area contributed by atoms with Gasteiger partial charge in [0.05, 0.1) is 0 Å². The third kappa shape index (κ3) is 2.97. The van der Waals surface area contributed by atoms with E-state index in [1.165, 1.54) is 6.20 Å². The summed E-state index contributed by atoms with van der Waals surface area (Å²) in [6.07, 6.45) is 2.60. The first kappa shape index (κ1) is 10.4. The van der Waals surface area contributed by atoms with Crippen molar-refractivity contribution in [1.82, 2.24) is 10.3 Å². The van der Waals surface area contributed by atoms with Crippen LogP contribution in [0.4, 0.5) is 0 Å². The van der Waals surface area contributed by atoms with Gasteiger partial charge in [0.25, 0.3) is 5.91 Å². The van der Waals surface area contributed by atoms with Crippen molar-refractivity contribution in [3.05, 3.63) is 30.1 Å². The van der Waals surface area contributed by atoms with Crippen molar-refractivity contribution in [2.45, 2.75) is 19.8 Å². The summed E-state index contributed by atoms with van der Waals surface area (Å²) in [5.41, 5.74) is 0.261. The minimum Gasteiger partial charge on any atom is -0.291 e. The second-order valence-electron chi connectivity index (χ2n) is 2.84. The van der Waals surface area contributed by atoms with Crippen molar-refractivity contribution in [3.8, 4) is 0 Å². The average molecular weight is 192 g/mol. The van der Waals surface area contributed by atoms with Crippen LogP contribution in [0.5, 0.6) is 0 Å². The number of hydrogen-bond donors (Lipinski definition) is 1. The van der Waals surface area contributed by atoms with Crippen LogP contribution in [0.2, 0.25) is 0 Å². The summed E-state index contributed by atoms with van der Waals surface area (Å²) in [7, 11) is 0. The molecular formula is C10H12N2O2. The first-order valence-electron chi connectivity index (χ1n) is 4.49. The van der Waals surface area contributed by atoms with Crippen LogP contribution < -0.4 is 5.32 Å². The number of carbonyl (C=O) groups excluding carboxylic acids is 2. The lowest BCUT2D eigenvalue weighted by atomic mass is 10.3. The van der Waals surface area contributed by atoms with Crippen LogP contribution in [0, 0.1) is 0 Å². The van der Waals surface area contributed by atoms with E-state index in [0.29, 0.717) is 6.42 Å². The maximum Gasteiger partial charge on any atom is 0.276 e. The Morgan fingerprint density at radius 3 is 2.79 bits per heavy atom. The van der Waals surface area contributed by atoms with Crippen LogP contribution in [0.1, 0.15) is 30.3 Å². The normalized spacial score (nSPS) is 9.50. The van der Waals surface area contributed by atoms with Gasteiger partial charge in [-0.05, 0) is 18.6 Å². The fourth-order valence-corrected chi connectivity index (χ4v) is 0.977. The van der Waals surface area contributed by atoms with Gasteiger partial charge in [0.15, 0.2) is 0 Å². The van der Waals surface area contributed by atoms with Crippen LogP contribution >= 0.6 is 0 Å². The van der Waals surface area contributed by atoms with Crippen LogP contribution in [0.3, 0.4) is 0 Å². The van der Waals surface area contributed by atoms with Gasteiger partial charge in [-0.25, -0.2) is 0 Å². The molecule has 0 spiro atoms. The molecule has 1 rings (SSSR count). The van der Waals surface area contributed by atoms with E-state index in [-0.39, 0.29) is 11.6 Å². The molecule has 0 unspecified atom stereocenters. The van der Waals surface area contributed by atoms with Crippen molar-refractivity contribution in [3.63, 3.8) is 0 Å². The van der Waals surface area contributed by atoms with Crippen molar-refractivity contribution < 1.29 is 9.59 Å². The Morgan fingerprint density at radius 1 is 1.43 bits per heavy atom. The highest BCUT2D eigenvalue weighted by atomic mass is 16.2. The van der Waals surface area contributed by atoms with Crippen LogP contribution in [-0.2, 0) is 4.79 Å². The number of carbonyl (C=O) groups is 2. The zero-order valence-corrected chi connectivity index (χ0v) is 7.99. The number of aromatic nitrogens is 1. The monoisotopic (exact) mass is 192 g/mol. The SMILES string of the molecule is CCCC(=O)NC(=O)c1ccccn1. The van der Waals surface area contributed by atoms with Gasteiger partial charge in [0.1, 0.15) is 5.69 Å². The van der Waals surface area contributed by atoms with Crippen molar-refractivity contribution in [2.24, 2.45) is 0 Å². The van der Waals surface area contributed by atoms with Gasteiger partial charge in [-0.1, -0.05) is 13.0 Å². The maximum atomic E-state index is 11.3. The molecule has 74 valence electrons. The van der Waals surface area contributed by atoms with E-state index in [2.05, 4.69) is 10.3 Å². The predicted molar refractivity (Wildman–Crippen MR) is 51.6 cm³/mol. The Bertz CT molecular complexity index is 322. The molecule has 0 saturated carbocycles. The van der Waals surface area contributed by atoms with Crippen molar-refractivity contribution in [2.75, 3.05) is 0 Å². The fourth-order valence-electron chi connectivity index (χ4n) is 0.977. The molecule has 0 bridgehead atoms. The quantitative estimate of drug-likeness (QED) is 0.781. The summed E-state index contributed by atoms with van der Waals surface area (Å²) in [4.78, 5) is 26.2. The van der Waals surface area contributed by atoms with Gasteiger partial charge < -0.3 is 0 Å². The molecule has 2 amide bonds. The fraction of sp³-hybridized carbons (Fsp3) is 0.300. The van der Waals surface area contributed by atoms with Gasteiger partial charge in [-0.2, -0.15) is 0 Å². The molecule has 0 saturated heterocycles. The lowest BCUT2D eigenvalue weighted by Crippen LogP contribution is -2.30. The number of hydrogen-bond acceptors (Lipinski definition) is 3. The highest BCUT2D eigenvalue weighted by molar-refractivity contribution is 6.03.